The minimum atomic E-state index is -3.47. The molecule has 0 aliphatic heterocycles. The van der Waals surface area contributed by atoms with Crippen molar-refractivity contribution in [1.82, 2.24) is 10.0 Å². The van der Waals surface area contributed by atoms with E-state index in [0.717, 1.165) is 6.26 Å². The van der Waals surface area contributed by atoms with Gasteiger partial charge in [-0.05, 0) is 29.8 Å². The van der Waals surface area contributed by atoms with Gasteiger partial charge in [-0.2, -0.15) is 0 Å². The Morgan fingerprint density at radius 2 is 1.96 bits per heavy atom. The summed E-state index contributed by atoms with van der Waals surface area (Å²) in [5.74, 6) is 0.329. The van der Waals surface area contributed by atoms with Gasteiger partial charge in [-0.1, -0.05) is 23.7 Å². The van der Waals surface area contributed by atoms with Crippen molar-refractivity contribution in [3.8, 4) is 0 Å². The minimum Gasteiger partial charge on any atom is -0.467 e. The molecule has 8 heteroatoms. The zero-order chi connectivity index (χ0) is 16.9. The number of nitrogens with one attached hydrogen (secondary N) is 2. The summed E-state index contributed by atoms with van der Waals surface area (Å²) in [5, 5.41) is 3.23. The van der Waals surface area contributed by atoms with Crippen LogP contribution in [-0.2, 0) is 21.4 Å². The quantitative estimate of drug-likeness (QED) is 0.796. The lowest BCUT2D eigenvalue weighted by atomic mass is 10.0. The van der Waals surface area contributed by atoms with Crippen molar-refractivity contribution in [1.29, 1.82) is 0 Å². The van der Waals surface area contributed by atoms with Crippen LogP contribution >= 0.6 is 11.6 Å². The number of benzene rings is 1. The molecule has 0 saturated carbocycles. The normalized spacial score (nSPS) is 12.8. The van der Waals surface area contributed by atoms with Gasteiger partial charge in [0.2, 0.25) is 15.9 Å². The highest BCUT2D eigenvalue weighted by molar-refractivity contribution is 7.88. The Morgan fingerprint density at radius 1 is 1.26 bits per heavy atom. The summed E-state index contributed by atoms with van der Waals surface area (Å²) in [4.78, 5) is 12.1. The smallest absolute Gasteiger partial charge is 0.222 e. The standard InChI is InChI=1S/C15H17ClN2O4S/c1-23(20,21)18-14(11-4-6-12(16)7-5-11)9-15(19)17-10-13-3-2-8-22-13/h2-8,14,18H,9-10H2,1H3,(H,17,19)/t14-/m1/s1. The second kappa shape index (κ2) is 7.63. The average Bonchev–Trinajstić information content (AvgIpc) is 2.97. The lowest BCUT2D eigenvalue weighted by Crippen LogP contribution is -2.33. The minimum absolute atomic E-state index is 0.0323. The molecule has 2 N–H and O–H groups in total. The van der Waals surface area contributed by atoms with Crippen LogP contribution in [0.15, 0.2) is 47.1 Å². The zero-order valence-electron chi connectivity index (χ0n) is 12.5. The predicted molar refractivity (Wildman–Crippen MR) is 87.3 cm³/mol. The summed E-state index contributed by atoms with van der Waals surface area (Å²) in [7, 11) is -3.47. The Hall–Kier alpha value is -1.83. The van der Waals surface area contributed by atoms with E-state index >= 15 is 0 Å². The van der Waals surface area contributed by atoms with Crippen LogP contribution in [0.2, 0.25) is 5.02 Å². The number of furan rings is 1. The summed E-state index contributed by atoms with van der Waals surface area (Å²) in [6.45, 7) is 0.248. The van der Waals surface area contributed by atoms with Gasteiger partial charge in [0.25, 0.3) is 0 Å². The van der Waals surface area contributed by atoms with Crippen molar-refractivity contribution >= 4 is 27.5 Å². The summed E-state index contributed by atoms with van der Waals surface area (Å²) in [6, 6.07) is 9.47. The van der Waals surface area contributed by atoms with Crippen LogP contribution in [-0.4, -0.2) is 20.6 Å². The number of rotatable bonds is 7. The molecule has 0 saturated heterocycles. The molecule has 0 radical (unpaired) electrons. The van der Waals surface area contributed by atoms with E-state index in [1.165, 1.54) is 6.26 Å². The Labute approximate surface area is 139 Å². The third-order valence-corrected chi connectivity index (χ3v) is 4.02. The van der Waals surface area contributed by atoms with Crippen molar-refractivity contribution in [2.45, 2.75) is 19.0 Å². The first-order chi connectivity index (χ1) is 10.8. The van der Waals surface area contributed by atoms with Crippen molar-refractivity contribution in [2.24, 2.45) is 0 Å². The number of sulfonamides is 1. The molecular formula is C15H17ClN2O4S. The molecule has 0 fully saturated rings. The molecule has 0 spiro atoms. The number of hydrogen-bond acceptors (Lipinski definition) is 4. The molecule has 0 unspecified atom stereocenters. The molecule has 23 heavy (non-hydrogen) atoms. The first-order valence-electron chi connectivity index (χ1n) is 6.85. The fourth-order valence-corrected chi connectivity index (χ4v) is 2.90. The van der Waals surface area contributed by atoms with Gasteiger partial charge >= 0.3 is 0 Å². The summed E-state index contributed by atoms with van der Waals surface area (Å²) in [5.41, 5.74) is 0.660. The molecule has 1 amide bonds. The van der Waals surface area contributed by atoms with E-state index in [2.05, 4.69) is 10.0 Å². The van der Waals surface area contributed by atoms with Crippen molar-refractivity contribution in [3.05, 3.63) is 59.0 Å². The first-order valence-corrected chi connectivity index (χ1v) is 9.12. The van der Waals surface area contributed by atoms with E-state index in [0.29, 0.717) is 16.3 Å². The molecule has 2 aromatic rings. The molecule has 0 bridgehead atoms. The third-order valence-electron chi connectivity index (χ3n) is 3.06. The Kier molecular flexibility index (Phi) is 5.81. The number of amides is 1. The topological polar surface area (TPSA) is 88.4 Å². The fraction of sp³-hybridized carbons (Fsp3) is 0.267. The summed E-state index contributed by atoms with van der Waals surface area (Å²) >= 11 is 5.83. The highest BCUT2D eigenvalue weighted by Crippen LogP contribution is 2.20. The van der Waals surface area contributed by atoms with Gasteiger partial charge in [-0.15, -0.1) is 0 Å². The highest BCUT2D eigenvalue weighted by Gasteiger charge is 2.19. The third kappa shape index (κ3) is 6.05. The van der Waals surface area contributed by atoms with E-state index in [4.69, 9.17) is 16.0 Å². The molecule has 6 nitrogen and oxygen atoms in total. The Morgan fingerprint density at radius 3 is 2.52 bits per heavy atom. The number of hydrogen-bond donors (Lipinski definition) is 2. The Bertz CT molecular complexity index is 742. The summed E-state index contributed by atoms with van der Waals surface area (Å²) in [6.07, 6.45) is 2.54. The molecular weight excluding hydrogens is 340 g/mol. The predicted octanol–water partition coefficient (Wildman–Crippen LogP) is 2.23. The number of carbonyl (C=O) groups is 1. The van der Waals surface area contributed by atoms with Gasteiger partial charge in [0.15, 0.2) is 0 Å². The van der Waals surface area contributed by atoms with Gasteiger partial charge in [0, 0.05) is 11.4 Å². The first kappa shape index (κ1) is 17.5. The van der Waals surface area contributed by atoms with Gasteiger partial charge in [0.05, 0.1) is 25.1 Å². The van der Waals surface area contributed by atoms with E-state index in [9.17, 15) is 13.2 Å². The monoisotopic (exact) mass is 356 g/mol. The molecule has 1 atom stereocenters. The van der Waals surface area contributed by atoms with E-state index in [-0.39, 0.29) is 18.9 Å². The fourth-order valence-electron chi connectivity index (χ4n) is 2.04. The van der Waals surface area contributed by atoms with Crippen LogP contribution in [0.5, 0.6) is 0 Å². The lowest BCUT2D eigenvalue weighted by molar-refractivity contribution is -0.121. The van der Waals surface area contributed by atoms with Crippen LogP contribution in [0.4, 0.5) is 0 Å². The molecule has 0 aliphatic carbocycles. The SMILES string of the molecule is CS(=O)(=O)N[C@H](CC(=O)NCc1ccco1)c1ccc(Cl)cc1. The molecule has 2 rings (SSSR count). The van der Waals surface area contributed by atoms with Gasteiger partial charge in [-0.3, -0.25) is 4.79 Å². The second-order valence-corrected chi connectivity index (χ2v) is 7.27. The molecule has 1 aromatic heterocycles. The van der Waals surface area contributed by atoms with Crippen LogP contribution < -0.4 is 10.0 Å². The molecule has 1 aromatic carbocycles. The van der Waals surface area contributed by atoms with Gasteiger partial charge in [-0.25, -0.2) is 13.1 Å². The lowest BCUT2D eigenvalue weighted by Gasteiger charge is -2.17. The van der Waals surface area contributed by atoms with Gasteiger partial charge < -0.3 is 9.73 Å². The van der Waals surface area contributed by atoms with Crippen LogP contribution in [0.25, 0.3) is 0 Å². The highest BCUT2D eigenvalue weighted by atomic mass is 35.5. The van der Waals surface area contributed by atoms with Gasteiger partial charge in [0.1, 0.15) is 5.76 Å². The number of carbonyl (C=O) groups excluding carboxylic acids is 1. The van der Waals surface area contributed by atoms with Crippen LogP contribution in [0.3, 0.4) is 0 Å². The van der Waals surface area contributed by atoms with E-state index < -0.39 is 16.1 Å². The van der Waals surface area contributed by atoms with Crippen molar-refractivity contribution in [2.75, 3.05) is 6.26 Å². The maximum absolute atomic E-state index is 12.1. The molecule has 0 aliphatic rings. The summed E-state index contributed by atoms with van der Waals surface area (Å²) < 4.78 is 30.6. The van der Waals surface area contributed by atoms with Crippen LogP contribution in [0.1, 0.15) is 23.8 Å². The van der Waals surface area contributed by atoms with E-state index in [1.54, 1.807) is 36.4 Å². The number of halogens is 1. The second-order valence-electron chi connectivity index (χ2n) is 5.05. The molecule has 1 heterocycles. The average molecular weight is 357 g/mol. The molecule has 124 valence electrons. The van der Waals surface area contributed by atoms with E-state index in [1.807, 2.05) is 0 Å². The Balaban J connectivity index is 2.04. The van der Waals surface area contributed by atoms with Crippen molar-refractivity contribution in [3.63, 3.8) is 0 Å². The van der Waals surface area contributed by atoms with Crippen LogP contribution in [0, 0.1) is 0 Å². The maximum Gasteiger partial charge on any atom is 0.222 e. The largest absolute Gasteiger partial charge is 0.467 e. The zero-order valence-corrected chi connectivity index (χ0v) is 14.0. The van der Waals surface area contributed by atoms with Crippen molar-refractivity contribution < 1.29 is 17.6 Å². The maximum atomic E-state index is 12.1.